The SMILES string of the molecule is CC/C=C\C/C=C\C/C=C\C/C=C\CCCCCCCCC(=O)OCC(COP(=O)(O)OCC(CO)OC(=O)CCCCCCC/C=C\CCCC)OC(=O)CCCCCCCCCCC/C=C\CCCCCCCC. The maximum Gasteiger partial charge on any atom is 0.472 e. The maximum absolute atomic E-state index is 12.9. The molecule has 2 N–H and O–H groups in total. The van der Waals surface area contributed by atoms with E-state index in [1.54, 1.807) is 0 Å². The Bertz CT molecular complexity index is 1550. The molecule has 440 valence electrons. The van der Waals surface area contributed by atoms with E-state index in [4.69, 9.17) is 23.3 Å². The number of ether oxygens (including phenoxy) is 3. The van der Waals surface area contributed by atoms with Crippen LogP contribution >= 0.6 is 7.82 Å². The van der Waals surface area contributed by atoms with Crippen LogP contribution < -0.4 is 0 Å². The van der Waals surface area contributed by atoms with E-state index in [0.29, 0.717) is 19.3 Å². The summed E-state index contributed by atoms with van der Waals surface area (Å²) in [6.45, 7) is 4.49. The number of carbonyl (C=O) groups is 3. The lowest BCUT2D eigenvalue weighted by atomic mass is 10.1. The molecule has 0 aromatic carbocycles. The van der Waals surface area contributed by atoms with Gasteiger partial charge in [-0.3, -0.25) is 23.4 Å². The first-order chi connectivity index (χ1) is 37.2. The molecule has 0 radical (unpaired) electrons. The van der Waals surface area contributed by atoms with Gasteiger partial charge in [-0.25, -0.2) is 4.57 Å². The zero-order chi connectivity index (χ0) is 55.5. The molecule has 3 unspecified atom stereocenters. The number of hydrogen-bond donors (Lipinski definition) is 2. The lowest BCUT2D eigenvalue weighted by molar-refractivity contribution is -0.161. The van der Waals surface area contributed by atoms with E-state index in [9.17, 15) is 28.9 Å². The average molecular weight is 1090 g/mol. The summed E-state index contributed by atoms with van der Waals surface area (Å²) in [5.74, 6) is -1.48. The van der Waals surface area contributed by atoms with Gasteiger partial charge in [-0.15, -0.1) is 0 Å². The van der Waals surface area contributed by atoms with Crippen LogP contribution in [-0.2, 0) is 42.2 Å². The van der Waals surface area contributed by atoms with Gasteiger partial charge in [0.25, 0.3) is 0 Å². The Balaban J connectivity index is 4.73. The van der Waals surface area contributed by atoms with Crippen molar-refractivity contribution in [2.45, 2.75) is 290 Å². The Labute approximate surface area is 465 Å². The Morgan fingerprint density at radius 2 is 0.697 bits per heavy atom. The molecule has 0 spiro atoms. The van der Waals surface area contributed by atoms with Crippen molar-refractivity contribution in [3.63, 3.8) is 0 Å². The third-order valence-electron chi connectivity index (χ3n) is 13.1. The molecule has 3 atom stereocenters. The predicted octanol–water partition coefficient (Wildman–Crippen LogP) is 18.5. The van der Waals surface area contributed by atoms with Gasteiger partial charge in [-0.2, -0.15) is 0 Å². The molecule has 0 aliphatic heterocycles. The number of aliphatic hydroxyl groups is 1. The fourth-order valence-corrected chi connectivity index (χ4v) is 9.17. The number of phosphoric acid groups is 1. The lowest BCUT2D eigenvalue weighted by Crippen LogP contribution is -2.30. The van der Waals surface area contributed by atoms with Crippen LogP contribution in [-0.4, -0.2) is 66.5 Å². The van der Waals surface area contributed by atoms with Crippen LogP contribution in [0.2, 0.25) is 0 Å². The van der Waals surface area contributed by atoms with Gasteiger partial charge in [-0.1, -0.05) is 229 Å². The second-order valence-electron chi connectivity index (χ2n) is 20.5. The lowest BCUT2D eigenvalue weighted by Gasteiger charge is -2.21. The van der Waals surface area contributed by atoms with E-state index in [2.05, 4.69) is 93.7 Å². The first kappa shape index (κ1) is 72.9. The Morgan fingerprint density at radius 1 is 0.382 bits per heavy atom. The average Bonchev–Trinajstić information content (AvgIpc) is 3.41. The van der Waals surface area contributed by atoms with Crippen LogP contribution in [0.1, 0.15) is 278 Å². The summed E-state index contributed by atoms with van der Waals surface area (Å²) in [5.41, 5.74) is 0. The Kier molecular flexibility index (Phi) is 55.7. The summed E-state index contributed by atoms with van der Waals surface area (Å²) in [7, 11) is -4.76. The van der Waals surface area contributed by atoms with Crippen LogP contribution in [0.5, 0.6) is 0 Å². The third kappa shape index (κ3) is 55.7. The summed E-state index contributed by atoms with van der Waals surface area (Å²) >= 11 is 0. The van der Waals surface area contributed by atoms with Gasteiger partial charge >= 0.3 is 25.7 Å². The summed E-state index contributed by atoms with van der Waals surface area (Å²) in [6.07, 6.45) is 65.7. The van der Waals surface area contributed by atoms with Crippen molar-refractivity contribution in [3.05, 3.63) is 72.9 Å². The van der Waals surface area contributed by atoms with Gasteiger partial charge in [-0.05, 0) is 103 Å². The van der Waals surface area contributed by atoms with Gasteiger partial charge in [0.1, 0.15) is 12.7 Å². The second kappa shape index (κ2) is 58.1. The zero-order valence-electron chi connectivity index (χ0n) is 48.7. The van der Waals surface area contributed by atoms with E-state index in [-0.39, 0.29) is 25.9 Å². The summed E-state index contributed by atoms with van der Waals surface area (Å²) in [6, 6.07) is 0. The van der Waals surface area contributed by atoms with E-state index in [0.717, 1.165) is 122 Å². The number of rotatable bonds is 57. The molecule has 11 nitrogen and oxygen atoms in total. The molecule has 0 aliphatic carbocycles. The minimum absolute atomic E-state index is 0.161. The third-order valence-corrected chi connectivity index (χ3v) is 14.0. The molecule has 0 rings (SSSR count). The Hall–Kier alpha value is -3.08. The molecule has 0 saturated carbocycles. The predicted molar refractivity (Wildman–Crippen MR) is 316 cm³/mol. The normalized spacial score (nSPS) is 13.8. The highest BCUT2D eigenvalue weighted by atomic mass is 31.2. The molecule has 0 saturated heterocycles. The highest BCUT2D eigenvalue weighted by Crippen LogP contribution is 2.43. The number of phosphoric ester groups is 1. The van der Waals surface area contributed by atoms with E-state index in [1.807, 2.05) is 0 Å². The number of allylic oxidation sites excluding steroid dienone is 12. The number of aliphatic hydroxyl groups excluding tert-OH is 1. The molecule has 76 heavy (non-hydrogen) atoms. The number of esters is 3. The highest BCUT2D eigenvalue weighted by Gasteiger charge is 2.28. The topological polar surface area (TPSA) is 155 Å². The van der Waals surface area contributed by atoms with Crippen molar-refractivity contribution in [1.29, 1.82) is 0 Å². The van der Waals surface area contributed by atoms with Crippen molar-refractivity contribution >= 4 is 25.7 Å². The van der Waals surface area contributed by atoms with E-state index < -0.39 is 57.8 Å². The molecule has 12 heteroatoms. The monoisotopic (exact) mass is 1090 g/mol. The molecule has 0 aromatic rings. The highest BCUT2D eigenvalue weighted by molar-refractivity contribution is 7.47. The van der Waals surface area contributed by atoms with Gasteiger partial charge in [0, 0.05) is 19.3 Å². The van der Waals surface area contributed by atoms with Crippen molar-refractivity contribution in [3.8, 4) is 0 Å². The van der Waals surface area contributed by atoms with Gasteiger partial charge < -0.3 is 24.2 Å². The number of carbonyl (C=O) groups excluding carboxylic acids is 3. The van der Waals surface area contributed by atoms with Crippen molar-refractivity contribution in [2.75, 3.05) is 26.4 Å². The van der Waals surface area contributed by atoms with Crippen LogP contribution in [0, 0.1) is 0 Å². The van der Waals surface area contributed by atoms with Gasteiger partial charge in [0.05, 0.1) is 19.8 Å². The Morgan fingerprint density at radius 3 is 1.11 bits per heavy atom. The first-order valence-corrected chi connectivity index (χ1v) is 32.3. The molecule has 0 amide bonds. The maximum atomic E-state index is 12.9. The molecule has 0 aliphatic rings. The summed E-state index contributed by atoms with van der Waals surface area (Å²) in [4.78, 5) is 48.6. The molecular formula is C64H113O11P. The minimum Gasteiger partial charge on any atom is -0.462 e. The fourth-order valence-electron chi connectivity index (χ4n) is 8.38. The molecule has 0 fully saturated rings. The first-order valence-electron chi connectivity index (χ1n) is 30.8. The molecule has 0 heterocycles. The quantitative estimate of drug-likeness (QED) is 0.0197. The molecule has 0 bridgehead atoms. The van der Waals surface area contributed by atoms with Crippen LogP contribution in [0.25, 0.3) is 0 Å². The van der Waals surface area contributed by atoms with E-state index >= 15 is 0 Å². The van der Waals surface area contributed by atoms with Crippen molar-refractivity contribution in [1.82, 2.24) is 0 Å². The number of unbranched alkanes of at least 4 members (excludes halogenated alkanes) is 28. The minimum atomic E-state index is -4.76. The van der Waals surface area contributed by atoms with Crippen LogP contribution in [0.4, 0.5) is 0 Å². The summed E-state index contributed by atoms with van der Waals surface area (Å²) < 4.78 is 39.6. The van der Waals surface area contributed by atoms with Crippen LogP contribution in [0.3, 0.4) is 0 Å². The van der Waals surface area contributed by atoms with Gasteiger partial charge in [0.15, 0.2) is 6.10 Å². The smallest absolute Gasteiger partial charge is 0.462 e. The largest absolute Gasteiger partial charge is 0.472 e. The standard InChI is InChI=1S/C64H113O11P/c1-4-7-10-13-16-19-22-24-26-28-30-32-34-36-39-41-44-47-50-53-62(66)71-57-61(75-64(68)55-52-49-46-43-40-37-35-33-31-29-27-25-23-20-17-14-11-8-5-2)59-73-76(69,70)72-58-60(56-65)74-63(67)54-51-48-45-42-38-21-18-15-12-9-6-3/h7,10,15-16,18-19,24-27,30,32,60-61,65H,4-6,8-9,11-14,17,20-23,28-29,31,33-59H2,1-3H3,(H,69,70)/b10-7-,18-15-,19-16-,26-24-,27-25-,32-30-. The van der Waals surface area contributed by atoms with Crippen molar-refractivity contribution in [2.24, 2.45) is 0 Å². The molecular weight excluding hydrogens is 976 g/mol. The van der Waals surface area contributed by atoms with Crippen LogP contribution in [0.15, 0.2) is 72.9 Å². The number of hydrogen-bond acceptors (Lipinski definition) is 10. The van der Waals surface area contributed by atoms with Crippen molar-refractivity contribution < 1.29 is 52.2 Å². The molecule has 0 aromatic heterocycles. The van der Waals surface area contributed by atoms with E-state index in [1.165, 1.54) is 96.3 Å². The fraction of sp³-hybridized carbons (Fsp3) is 0.766. The zero-order valence-corrected chi connectivity index (χ0v) is 49.6. The second-order valence-corrected chi connectivity index (χ2v) is 21.9. The summed E-state index contributed by atoms with van der Waals surface area (Å²) in [5, 5.41) is 9.81. The van der Waals surface area contributed by atoms with Gasteiger partial charge in [0.2, 0.25) is 0 Å².